The summed E-state index contributed by atoms with van der Waals surface area (Å²) in [4.78, 5) is 29.7. The first-order chi connectivity index (χ1) is 16.1. The Kier molecular flexibility index (Phi) is 7.50. The molecule has 3 aromatic rings. The zero-order valence-electron chi connectivity index (χ0n) is 19.0. The summed E-state index contributed by atoms with van der Waals surface area (Å²) in [5.41, 5.74) is 3.35. The maximum absolute atomic E-state index is 12.6. The first-order valence-electron chi connectivity index (χ1n) is 11.5. The number of alkyl carbamates (subject to hydrolysis) is 1. The van der Waals surface area contributed by atoms with E-state index >= 15 is 0 Å². The quantitative estimate of drug-likeness (QED) is 0.493. The molecular formula is C26H31N3O4. The average Bonchev–Trinajstić information content (AvgIpc) is 3.29. The van der Waals surface area contributed by atoms with Crippen molar-refractivity contribution in [1.82, 2.24) is 15.2 Å². The summed E-state index contributed by atoms with van der Waals surface area (Å²) in [6, 6.07) is 15.6. The highest BCUT2D eigenvalue weighted by molar-refractivity contribution is 5.85. The van der Waals surface area contributed by atoms with E-state index in [1.165, 1.54) is 10.9 Å². The number of aromatic amines is 1. The number of aromatic nitrogens is 1. The monoisotopic (exact) mass is 449 g/mol. The van der Waals surface area contributed by atoms with Crippen LogP contribution in [0.2, 0.25) is 0 Å². The number of nitrogens with one attached hydrogen (secondary N) is 2. The van der Waals surface area contributed by atoms with Crippen molar-refractivity contribution in [2.75, 3.05) is 26.7 Å². The normalized spacial score (nSPS) is 14.3. The van der Waals surface area contributed by atoms with Crippen molar-refractivity contribution in [2.45, 2.75) is 38.2 Å². The number of nitrogens with zero attached hydrogens (tertiary/aromatic N) is 1. The number of H-pyrrole nitrogens is 1. The van der Waals surface area contributed by atoms with Crippen molar-refractivity contribution >= 4 is 22.9 Å². The number of fused-ring (bicyclic) bond motifs is 1. The van der Waals surface area contributed by atoms with Gasteiger partial charge in [0.25, 0.3) is 0 Å². The summed E-state index contributed by atoms with van der Waals surface area (Å²) in [7, 11) is 1.68. The predicted octanol–water partition coefficient (Wildman–Crippen LogP) is 4.59. The fourth-order valence-electron chi connectivity index (χ4n) is 4.39. The van der Waals surface area contributed by atoms with Crippen molar-refractivity contribution in [3.8, 4) is 5.75 Å². The Labute approximate surface area is 194 Å². The average molecular weight is 450 g/mol. The summed E-state index contributed by atoms with van der Waals surface area (Å²) >= 11 is 0. The first-order valence-corrected chi connectivity index (χ1v) is 11.5. The van der Waals surface area contributed by atoms with Crippen LogP contribution in [0.5, 0.6) is 5.75 Å². The largest absolute Gasteiger partial charge is 0.497 e. The lowest BCUT2D eigenvalue weighted by atomic mass is 9.89. The Hall–Kier alpha value is -3.48. The molecule has 2 N–H and O–H groups in total. The zero-order chi connectivity index (χ0) is 23.0. The molecule has 33 heavy (non-hydrogen) atoms. The highest BCUT2D eigenvalue weighted by Gasteiger charge is 2.25. The minimum Gasteiger partial charge on any atom is -0.497 e. The molecule has 1 saturated heterocycles. The molecule has 174 valence electrons. The molecule has 7 nitrogen and oxygen atoms in total. The molecule has 0 radical (unpaired) electrons. The summed E-state index contributed by atoms with van der Waals surface area (Å²) in [5, 5.41) is 3.92. The van der Waals surface area contributed by atoms with E-state index in [-0.39, 0.29) is 12.5 Å². The first kappa shape index (κ1) is 22.7. The molecule has 1 fully saturated rings. The Balaban J connectivity index is 1.17. The van der Waals surface area contributed by atoms with Crippen LogP contribution < -0.4 is 10.1 Å². The van der Waals surface area contributed by atoms with Gasteiger partial charge in [-0.25, -0.2) is 4.79 Å². The van der Waals surface area contributed by atoms with E-state index < -0.39 is 6.09 Å². The number of likely N-dealkylation sites (tertiary alicyclic amines) is 1. The van der Waals surface area contributed by atoms with Gasteiger partial charge in [0.15, 0.2) is 0 Å². The number of piperidine rings is 1. The van der Waals surface area contributed by atoms with Gasteiger partial charge in [-0.15, -0.1) is 0 Å². The highest BCUT2D eigenvalue weighted by Crippen LogP contribution is 2.34. The number of hydrogen-bond donors (Lipinski definition) is 2. The van der Waals surface area contributed by atoms with E-state index in [9.17, 15) is 9.59 Å². The van der Waals surface area contributed by atoms with Gasteiger partial charge in [-0.3, -0.25) is 4.79 Å². The van der Waals surface area contributed by atoms with Gasteiger partial charge in [0.2, 0.25) is 5.91 Å². The minimum absolute atomic E-state index is 0.147. The second-order valence-corrected chi connectivity index (χ2v) is 8.40. The number of ether oxygens (including phenoxy) is 2. The summed E-state index contributed by atoms with van der Waals surface area (Å²) in [5.74, 6) is 1.43. The second kappa shape index (κ2) is 10.9. The summed E-state index contributed by atoms with van der Waals surface area (Å²) < 4.78 is 10.6. The third kappa shape index (κ3) is 5.86. The van der Waals surface area contributed by atoms with E-state index in [4.69, 9.17) is 9.47 Å². The Morgan fingerprint density at radius 1 is 1.12 bits per heavy atom. The minimum atomic E-state index is -0.456. The van der Waals surface area contributed by atoms with Crippen LogP contribution in [0.4, 0.5) is 4.79 Å². The molecule has 0 atom stereocenters. The van der Waals surface area contributed by atoms with Gasteiger partial charge >= 0.3 is 6.09 Å². The van der Waals surface area contributed by atoms with Crippen molar-refractivity contribution in [3.63, 3.8) is 0 Å². The van der Waals surface area contributed by atoms with E-state index in [0.717, 1.165) is 42.8 Å². The number of methoxy groups -OCH3 is 1. The molecule has 2 aromatic carbocycles. The molecule has 2 heterocycles. The number of rotatable bonds is 8. The van der Waals surface area contributed by atoms with Crippen molar-refractivity contribution in [2.24, 2.45) is 0 Å². The highest BCUT2D eigenvalue weighted by atomic mass is 16.5. The van der Waals surface area contributed by atoms with Gasteiger partial charge in [0.1, 0.15) is 12.4 Å². The number of carbonyl (C=O) groups excluding carboxylic acids is 2. The topological polar surface area (TPSA) is 83.7 Å². The Morgan fingerprint density at radius 2 is 1.91 bits per heavy atom. The lowest BCUT2D eigenvalue weighted by Crippen LogP contribution is -2.38. The molecule has 0 spiro atoms. The Morgan fingerprint density at radius 3 is 2.67 bits per heavy atom. The van der Waals surface area contributed by atoms with Crippen LogP contribution >= 0.6 is 0 Å². The van der Waals surface area contributed by atoms with Crippen LogP contribution in [-0.2, 0) is 16.1 Å². The van der Waals surface area contributed by atoms with E-state index in [1.807, 2.05) is 47.4 Å². The molecule has 2 amide bonds. The fraction of sp³-hybridized carbons (Fsp3) is 0.385. The molecule has 0 saturated carbocycles. The molecule has 0 aliphatic carbocycles. The second-order valence-electron chi connectivity index (χ2n) is 8.40. The van der Waals surface area contributed by atoms with Gasteiger partial charge in [0, 0.05) is 43.2 Å². The molecule has 1 aromatic heterocycles. The number of hydrogen-bond acceptors (Lipinski definition) is 4. The van der Waals surface area contributed by atoms with Gasteiger partial charge in [-0.2, -0.15) is 0 Å². The maximum atomic E-state index is 12.6. The van der Waals surface area contributed by atoms with Crippen LogP contribution in [0.1, 0.15) is 42.7 Å². The molecule has 0 unspecified atom stereocenters. The van der Waals surface area contributed by atoms with Crippen molar-refractivity contribution in [1.29, 1.82) is 0 Å². The smallest absolute Gasteiger partial charge is 0.407 e. The predicted molar refractivity (Wildman–Crippen MR) is 127 cm³/mol. The van der Waals surface area contributed by atoms with Crippen molar-refractivity contribution < 1.29 is 19.1 Å². The zero-order valence-corrected chi connectivity index (χ0v) is 19.0. The molecule has 0 bridgehead atoms. The number of benzene rings is 2. The van der Waals surface area contributed by atoms with Gasteiger partial charge < -0.3 is 24.7 Å². The molecule has 1 aliphatic rings. The standard InChI is InChI=1S/C26H31N3O4/c1-32-21-9-10-24-22(16-21)23(17-28-24)20-11-14-29(15-12-20)25(30)8-5-13-27-26(31)33-18-19-6-3-2-4-7-19/h2-4,6-7,9-10,16-17,20,28H,5,8,11-15,18H2,1H3,(H,27,31). The number of amides is 2. The van der Waals surface area contributed by atoms with E-state index in [2.05, 4.69) is 22.6 Å². The summed E-state index contributed by atoms with van der Waals surface area (Å²) in [6.45, 7) is 2.18. The molecule has 7 heteroatoms. The number of carbonyl (C=O) groups is 2. The Bertz CT molecular complexity index is 1070. The SMILES string of the molecule is COc1ccc2[nH]cc(C3CCN(C(=O)CCCNC(=O)OCc4ccccc4)CC3)c2c1. The molecule has 1 aliphatic heterocycles. The third-order valence-electron chi connectivity index (χ3n) is 6.26. The van der Waals surface area contributed by atoms with Gasteiger partial charge in [-0.1, -0.05) is 30.3 Å². The third-order valence-corrected chi connectivity index (χ3v) is 6.26. The van der Waals surface area contributed by atoms with Gasteiger partial charge in [0.05, 0.1) is 7.11 Å². The van der Waals surface area contributed by atoms with Crippen LogP contribution in [0, 0.1) is 0 Å². The molecule has 4 rings (SSSR count). The van der Waals surface area contributed by atoms with Crippen LogP contribution in [-0.4, -0.2) is 48.6 Å². The maximum Gasteiger partial charge on any atom is 0.407 e. The lowest BCUT2D eigenvalue weighted by Gasteiger charge is -2.32. The van der Waals surface area contributed by atoms with E-state index in [1.54, 1.807) is 7.11 Å². The fourth-order valence-corrected chi connectivity index (χ4v) is 4.39. The van der Waals surface area contributed by atoms with E-state index in [0.29, 0.717) is 25.3 Å². The van der Waals surface area contributed by atoms with Crippen LogP contribution in [0.15, 0.2) is 54.7 Å². The summed E-state index contributed by atoms with van der Waals surface area (Å²) in [6.07, 6.45) is 4.55. The lowest BCUT2D eigenvalue weighted by molar-refractivity contribution is -0.132. The van der Waals surface area contributed by atoms with Gasteiger partial charge in [-0.05, 0) is 54.5 Å². The van der Waals surface area contributed by atoms with Crippen LogP contribution in [0.3, 0.4) is 0 Å². The molecular weight excluding hydrogens is 418 g/mol. The van der Waals surface area contributed by atoms with Crippen molar-refractivity contribution in [3.05, 3.63) is 65.9 Å². The van der Waals surface area contributed by atoms with Crippen LogP contribution in [0.25, 0.3) is 10.9 Å².